The van der Waals surface area contributed by atoms with Gasteiger partial charge >= 0.3 is 5.97 Å². The minimum absolute atomic E-state index is 0.0160. The molecular formula is C53H103NO5. The second-order valence-corrected chi connectivity index (χ2v) is 18.2. The molecule has 0 aliphatic rings. The SMILES string of the molecule is CCCC/C=C\CCCCCCCC(=O)OCCCCCCCCCCCCCCCC(=O)NC(CO)C(O)CCCCCCCCCCCCCCCCCCCC. The van der Waals surface area contributed by atoms with Gasteiger partial charge in [-0.1, -0.05) is 244 Å². The van der Waals surface area contributed by atoms with Gasteiger partial charge in [0.25, 0.3) is 0 Å². The highest BCUT2D eigenvalue weighted by molar-refractivity contribution is 5.76. The molecule has 59 heavy (non-hydrogen) atoms. The Morgan fingerprint density at radius 3 is 1.25 bits per heavy atom. The van der Waals surface area contributed by atoms with Gasteiger partial charge in [-0.25, -0.2) is 0 Å². The fraction of sp³-hybridized carbons (Fsp3) is 0.925. The lowest BCUT2D eigenvalue weighted by atomic mass is 10.0. The molecule has 350 valence electrons. The van der Waals surface area contributed by atoms with Crippen LogP contribution in [0.2, 0.25) is 0 Å². The van der Waals surface area contributed by atoms with E-state index in [0.29, 0.717) is 25.9 Å². The van der Waals surface area contributed by atoms with E-state index in [1.165, 1.54) is 205 Å². The van der Waals surface area contributed by atoms with Crippen LogP contribution in [0, 0.1) is 0 Å². The second kappa shape index (κ2) is 49.3. The molecule has 0 bridgehead atoms. The Kier molecular flexibility index (Phi) is 48.1. The van der Waals surface area contributed by atoms with Crippen LogP contribution in [0.25, 0.3) is 0 Å². The van der Waals surface area contributed by atoms with Gasteiger partial charge in [-0.2, -0.15) is 0 Å². The average Bonchev–Trinajstić information content (AvgIpc) is 3.24. The molecule has 0 saturated heterocycles. The van der Waals surface area contributed by atoms with Gasteiger partial charge in [0.15, 0.2) is 0 Å². The van der Waals surface area contributed by atoms with Gasteiger partial charge in [-0.05, 0) is 44.9 Å². The third-order valence-corrected chi connectivity index (χ3v) is 12.3. The molecule has 0 aliphatic carbocycles. The van der Waals surface area contributed by atoms with Gasteiger partial charge in [-0.15, -0.1) is 0 Å². The van der Waals surface area contributed by atoms with E-state index in [0.717, 1.165) is 51.4 Å². The summed E-state index contributed by atoms with van der Waals surface area (Å²) in [7, 11) is 0. The summed E-state index contributed by atoms with van der Waals surface area (Å²) in [4.78, 5) is 24.4. The Morgan fingerprint density at radius 1 is 0.458 bits per heavy atom. The largest absolute Gasteiger partial charge is 0.466 e. The van der Waals surface area contributed by atoms with Crippen LogP contribution >= 0.6 is 0 Å². The number of ether oxygens (including phenoxy) is 1. The van der Waals surface area contributed by atoms with E-state index in [-0.39, 0.29) is 18.5 Å². The number of aliphatic hydroxyl groups excluding tert-OH is 2. The molecule has 0 fully saturated rings. The molecule has 0 radical (unpaired) electrons. The number of unbranched alkanes of at least 4 members (excludes halogenated alkanes) is 36. The van der Waals surface area contributed by atoms with Gasteiger partial charge in [0.2, 0.25) is 5.91 Å². The van der Waals surface area contributed by atoms with Crippen molar-refractivity contribution >= 4 is 11.9 Å². The van der Waals surface area contributed by atoms with Crippen molar-refractivity contribution in [3.8, 4) is 0 Å². The van der Waals surface area contributed by atoms with Gasteiger partial charge in [0, 0.05) is 12.8 Å². The van der Waals surface area contributed by atoms with E-state index < -0.39 is 12.1 Å². The smallest absolute Gasteiger partial charge is 0.305 e. The Morgan fingerprint density at radius 2 is 0.814 bits per heavy atom. The summed E-state index contributed by atoms with van der Waals surface area (Å²) in [5, 5.41) is 23.3. The molecule has 0 spiro atoms. The Bertz CT molecular complexity index is 878. The summed E-state index contributed by atoms with van der Waals surface area (Å²) < 4.78 is 5.44. The monoisotopic (exact) mass is 834 g/mol. The second-order valence-electron chi connectivity index (χ2n) is 18.2. The summed E-state index contributed by atoms with van der Waals surface area (Å²) >= 11 is 0. The van der Waals surface area contributed by atoms with Crippen LogP contribution in [0.15, 0.2) is 12.2 Å². The van der Waals surface area contributed by atoms with Gasteiger partial charge in [0.05, 0.1) is 25.4 Å². The molecule has 3 N–H and O–H groups in total. The van der Waals surface area contributed by atoms with Crippen LogP contribution in [0.1, 0.15) is 290 Å². The number of nitrogens with one attached hydrogen (secondary N) is 1. The maximum Gasteiger partial charge on any atom is 0.305 e. The lowest BCUT2D eigenvalue weighted by Gasteiger charge is -2.22. The fourth-order valence-corrected chi connectivity index (χ4v) is 8.21. The lowest BCUT2D eigenvalue weighted by Crippen LogP contribution is -2.45. The summed E-state index contributed by atoms with van der Waals surface area (Å²) in [6.07, 6.45) is 56.1. The number of esters is 1. The van der Waals surface area contributed by atoms with Crippen molar-refractivity contribution in [2.24, 2.45) is 0 Å². The van der Waals surface area contributed by atoms with Crippen molar-refractivity contribution in [1.82, 2.24) is 5.32 Å². The van der Waals surface area contributed by atoms with E-state index in [1.54, 1.807) is 0 Å². The summed E-state index contributed by atoms with van der Waals surface area (Å²) in [5.74, 6) is -0.0621. The number of rotatable bonds is 49. The van der Waals surface area contributed by atoms with Crippen molar-refractivity contribution < 1.29 is 24.5 Å². The topological polar surface area (TPSA) is 95.9 Å². The highest BCUT2D eigenvalue weighted by Crippen LogP contribution is 2.17. The fourth-order valence-electron chi connectivity index (χ4n) is 8.21. The van der Waals surface area contributed by atoms with Crippen LogP contribution < -0.4 is 5.32 Å². The molecule has 6 nitrogen and oxygen atoms in total. The van der Waals surface area contributed by atoms with Crippen molar-refractivity contribution in [2.45, 2.75) is 302 Å². The number of hydrogen-bond donors (Lipinski definition) is 3. The minimum Gasteiger partial charge on any atom is -0.466 e. The molecule has 0 saturated carbocycles. The van der Waals surface area contributed by atoms with Crippen LogP contribution in [-0.4, -0.2) is 47.4 Å². The van der Waals surface area contributed by atoms with Crippen LogP contribution in [-0.2, 0) is 14.3 Å². The molecule has 0 rings (SSSR count). The van der Waals surface area contributed by atoms with Crippen molar-refractivity contribution in [2.75, 3.05) is 13.2 Å². The number of amides is 1. The molecule has 2 atom stereocenters. The third kappa shape index (κ3) is 45.9. The van der Waals surface area contributed by atoms with Crippen LogP contribution in [0.4, 0.5) is 0 Å². The first-order chi connectivity index (χ1) is 29.0. The molecule has 0 aliphatic heterocycles. The molecule has 0 heterocycles. The molecule has 2 unspecified atom stereocenters. The van der Waals surface area contributed by atoms with Crippen molar-refractivity contribution in [1.29, 1.82) is 0 Å². The molecular weight excluding hydrogens is 731 g/mol. The Hall–Kier alpha value is -1.40. The minimum atomic E-state index is -0.672. The first-order valence-corrected chi connectivity index (χ1v) is 26.4. The van der Waals surface area contributed by atoms with E-state index >= 15 is 0 Å². The average molecular weight is 834 g/mol. The number of aliphatic hydroxyl groups is 2. The van der Waals surface area contributed by atoms with E-state index in [1.807, 2.05) is 0 Å². The standard InChI is InChI=1S/C53H103NO5/c1-3-5-7-9-11-13-15-16-17-18-19-20-22-26-29-33-37-41-45-51(56)50(49-55)54-52(57)46-42-38-34-30-27-23-21-24-28-32-36-40-44-48-59-53(58)47-43-39-35-31-25-14-12-10-8-6-4-2/h10,12,50-51,55-56H,3-9,11,13-49H2,1-2H3,(H,54,57)/b12-10-. The third-order valence-electron chi connectivity index (χ3n) is 12.3. The molecule has 0 aromatic carbocycles. The van der Waals surface area contributed by atoms with Crippen LogP contribution in [0.3, 0.4) is 0 Å². The Labute approximate surface area is 368 Å². The maximum atomic E-state index is 12.5. The zero-order valence-corrected chi connectivity index (χ0v) is 39.7. The molecule has 0 aromatic rings. The number of carbonyl (C=O) groups is 2. The number of hydrogen-bond acceptors (Lipinski definition) is 5. The Balaban J connectivity index is 3.46. The quantitative estimate of drug-likeness (QED) is 0.0322. The van der Waals surface area contributed by atoms with Crippen molar-refractivity contribution in [3.63, 3.8) is 0 Å². The number of allylic oxidation sites excluding steroid dienone is 2. The molecule has 6 heteroatoms. The first kappa shape index (κ1) is 57.6. The highest BCUT2D eigenvalue weighted by atomic mass is 16.5. The lowest BCUT2D eigenvalue weighted by molar-refractivity contribution is -0.143. The zero-order valence-electron chi connectivity index (χ0n) is 39.7. The van der Waals surface area contributed by atoms with Gasteiger partial charge in [-0.3, -0.25) is 9.59 Å². The normalized spacial score (nSPS) is 12.7. The number of carbonyl (C=O) groups excluding carboxylic acids is 2. The summed E-state index contributed by atoms with van der Waals surface area (Å²) in [5.41, 5.74) is 0. The predicted octanol–water partition coefficient (Wildman–Crippen LogP) is 15.7. The zero-order chi connectivity index (χ0) is 43.0. The van der Waals surface area contributed by atoms with E-state index in [4.69, 9.17) is 4.74 Å². The van der Waals surface area contributed by atoms with Gasteiger partial charge in [0.1, 0.15) is 0 Å². The summed E-state index contributed by atoms with van der Waals surface area (Å²) in [6.45, 7) is 4.90. The predicted molar refractivity (Wildman–Crippen MR) is 255 cm³/mol. The maximum absolute atomic E-state index is 12.5. The van der Waals surface area contributed by atoms with Crippen molar-refractivity contribution in [3.05, 3.63) is 12.2 Å². The molecule has 1 amide bonds. The summed E-state index contributed by atoms with van der Waals surface area (Å²) in [6, 6.07) is -0.551. The molecule has 0 aromatic heterocycles. The van der Waals surface area contributed by atoms with E-state index in [9.17, 15) is 19.8 Å². The highest BCUT2D eigenvalue weighted by Gasteiger charge is 2.20. The van der Waals surface area contributed by atoms with Gasteiger partial charge < -0.3 is 20.3 Å². The van der Waals surface area contributed by atoms with E-state index in [2.05, 4.69) is 31.3 Å². The first-order valence-electron chi connectivity index (χ1n) is 26.4. The van der Waals surface area contributed by atoms with Crippen LogP contribution in [0.5, 0.6) is 0 Å².